The van der Waals surface area contributed by atoms with E-state index < -0.39 is 0 Å². The molecule has 1 saturated heterocycles. The number of rotatable bonds is 8. The smallest absolute Gasteiger partial charge is 0.262 e. The number of hydrogen-bond acceptors (Lipinski definition) is 6. The maximum Gasteiger partial charge on any atom is 0.262 e. The van der Waals surface area contributed by atoms with Crippen molar-refractivity contribution in [2.24, 2.45) is 11.0 Å². The molecule has 3 aliphatic rings. The highest BCUT2D eigenvalue weighted by Crippen LogP contribution is 2.34. The van der Waals surface area contributed by atoms with Crippen LogP contribution in [0.2, 0.25) is 0 Å². The summed E-state index contributed by atoms with van der Waals surface area (Å²) in [7, 11) is 0. The normalized spacial score (nSPS) is 21.1. The molecule has 1 aromatic carbocycles. The number of halogens is 1. The van der Waals surface area contributed by atoms with Crippen LogP contribution in [0, 0.1) is 11.7 Å². The maximum absolute atomic E-state index is 13.7. The lowest BCUT2D eigenvalue weighted by molar-refractivity contribution is -0.144. The zero-order valence-electron chi connectivity index (χ0n) is 20.5. The molecular weight excluding hydrogens is 479 g/mol. The second kappa shape index (κ2) is 11.6. The number of hydrazone groups is 1. The van der Waals surface area contributed by atoms with Crippen LogP contribution >= 0.6 is 11.3 Å². The Morgan fingerprint density at radius 2 is 1.86 bits per heavy atom. The number of carbonyl (C=O) groups excluding carboxylic acids is 2. The van der Waals surface area contributed by atoms with Gasteiger partial charge < -0.3 is 9.64 Å². The third-order valence-corrected chi connectivity index (χ3v) is 8.28. The first kappa shape index (κ1) is 25.0. The third-order valence-electron chi connectivity index (χ3n) is 7.36. The highest BCUT2D eigenvalue weighted by atomic mass is 32.1. The van der Waals surface area contributed by atoms with Gasteiger partial charge in [0.2, 0.25) is 5.91 Å². The van der Waals surface area contributed by atoms with Crippen molar-refractivity contribution in [1.82, 2.24) is 14.8 Å². The Morgan fingerprint density at radius 3 is 2.56 bits per heavy atom. The molecule has 2 aliphatic heterocycles. The average molecular weight is 513 g/mol. The highest BCUT2D eigenvalue weighted by molar-refractivity contribution is 7.12. The van der Waals surface area contributed by atoms with Crippen LogP contribution in [-0.4, -0.2) is 78.3 Å². The Balaban J connectivity index is 1.35. The molecule has 2 aromatic rings. The van der Waals surface area contributed by atoms with E-state index in [1.54, 1.807) is 28.4 Å². The Bertz CT molecular complexity index is 1060. The number of amides is 2. The molecule has 9 heteroatoms. The van der Waals surface area contributed by atoms with Crippen molar-refractivity contribution < 1.29 is 18.7 Å². The lowest BCUT2D eigenvalue weighted by Crippen LogP contribution is -2.47. The summed E-state index contributed by atoms with van der Waals surface area (Å²) in [5.41, 5.74) is 1.68. The first-order chi connectivity index (χ1) is 17.6. The lowest BCUT2D eigenvalue weighted by Gasteiger charge is -2.32. The summed E-state index contributed by atoms with van der Waals surface area (Å²) in [5, 5.41) is 8.23. The Morgan fingerprint density at radius 1 is 1.11 bits per heavy atom. The van der Waals surface area contributed by atoms with Gasteiger partial charge in [0.15, 0.2) is 0 Å². The van der Waals surface area contributed by atoms with Gasteiger partial charge >= 0.3 is 0 Å². The van der Waals surface area contributed by atoms with Gasteiger partial charge in [0, 0.05) is 38.5 Å². The van der Waals surface area contributed by atoms with Gasteiger partial charge in [-0.15, -0.1) is 11.3 Å². The second-order valence-corrected chi connectivity index (χ2v) is 10.7. The van der Waals surface area contributed by atoms with E-state index in [-0.39, 0.29) is 36.1 Å². The van der Waals surface area contributed by atoms with Crippen LogP contribution in [0.1, 0.15) is 48.6 Å². The predicted molar refractivity (Wildman–Crippen MR) is 137 cm³/mol. The second-order valence-electron chi connectivity index (χ2n) is 9.73. The largest absolute Gasteiger partial charge is 0.379 e. The van der Waals surface area contributed by atoms with Gasteiger partial charge in [0.05, 0.1) is 29.8 Å². The number of ether oxygens (including phenoxy) is 1. The molecule has 36 heavy (non-hydrogen) atoms. The van der Waals surface area contributed by atoms with E-state index in [1.165, 1.54) is 17.1 Å². The summed E-state index contributed by atoms with van der Waals surface area (Å²) in [6.07, 6.45) is 4.47. The zero-order chi connectivity index (χ0) is 24.9. The molecule has 1 aromatic heterocycles. The molecule has 0 bridgehead atoms. The molecule has 0 spiro atoms. The molecule has 0 radical (unpaired) electrons. The molecule has 192 valence electrons. The molecule has 0 unspecified atom stereocenters. The van der Waals surface area contributed by atoms with E-state index >= 15 is 0 Å². The van der Waals surface area contributed by atoms with Gasteiger partial charge in [0.1, 0.15) is 12.4 Å². The van der Waals surface area contributed by atoms with Crippen LogP contribution in [0.4, 0.5) is 4.39 Å². The van der Waals surface area contributed by atoms with Crippen molar-refractivity contribution in [3.8, 4) is 0 Å². The molecule has 1 aliphatic carbocycles. The van der Waals surface area contributed by atoms with Crippen LogP contribution in [-0.2, 0) is 14.3 Å². The maximum atomic E-state index is 13.7. The van der Waals surface area contributed by atoms with Crippen LogP contribution in [0.25, 0.3) is 0 Å². The molecule has 2 amide bonds. The summed E-state index contributed by atoms with van der Waals surface area (Å²) in [5.74, 6) is -0.442. The van der Waals surface area contributed by atoms with E-state index in [4.69, 9.17) is 9.84 Å². The summed E-state index contributed by atoms with van der Waals surface area (Å²) in [6, 6.07) is 9.90. The molecule has 1 atom stereocenters. The predicted octanol–water partition coefficient (Wildman–Crippen LogP) is 3.92. The summed E-state index contributed by atoms with van der Waals surface area (Å²) < 4.78 is 19.1. The topological polar surface area (TPSA) is 65.5 Å². The number of morpholine rings is 1. The Labute approximate surface area is 215 Å². The number of thiophene rings is 1. The summed E-state index contributed by atoms with van der Waals surface area (Å²) >= 11 is 1.58. The van der Waals surface area contributed by atoms with Crippen molar-refractivity contribution in [3.05, 3.63) is 58.0 Å². The standard InChI is InChI=1S/C27H33FN4O3S/c28-22-9-7-20(8-10-22)24-18-23(25-6-3-17-36-25)29-32(24)26(33)19-31(27(34)21-4-1-2-5-21)12-11-30-13-15-35-16-14-30/h3,6-10,17,21,24H,1-2,4-5,11-16,18-19H2/t24-/m1/s1. The zero-order valence-corrected chi connectivity index (χ0v) is 21.3. The van der Waals surface area contributed by atoms with Gasteiger partial charge in [0.25, 0.3) is 5.91 Å². The van der Waals surface area contributed by atoms with Crippen molar-refractivity contribution in [1.29, 1.82) is 0 Å². The number of hydrogen-bond donors (Lipinski definition) is 0. The molecule has 2 fully saturated rings. The fourth-order valence-corrected chi connectivity index (χ4v) is 6.02. The van der Waals surface area contributed by atoms with E-state index in [2.05, 4.69) is 4.90 Å². The quantitative estimate of drug-likeness (QED) is 0.538. The molecular formula is C27H33FN4O3S. The molecule has 7 nitrogen and oxygen atoms in total. The van der Waals surface area contributed by atoms with Gasteiger partial charge in [-0.3, -0.25) is 14.5 Å². The van der Waals surface area contributed by atoms with E-state index in [1.807, 2.05) is 17.5 Å². The molecule has 0 N–H and O–H groups in total. The van der Waals surface area contributed by atoms with Crippen molar-refractivity contribution in [2.75, 3.05) is 45.9 Å². The molecule has 3 heterocycles. The summed E-state index contributed by atoms with van der Waals surface area (Å²) in [4.78, 5) is 32.2. The highest BCUT2D eigenvalue weighted by Gasteiger charge is 2.36. The van der Waals surface area contributed by atoms with Crippen LogP contribution in [0.15, 0.2) is 46.9 Å². The third kappa shape index (κ3) is 5.85. The van der Waals surface area contributed by atoms with Crippen LogP contribution in [0.3, 0.4) is 0 Å². The van der Waals surface area contributed by atoms with E-state index in [9.17, 15) is 14.0 Å². The fourth-order valence-electron chi connectivity index (χ4n) is 5.30. The Hall–Kier alpha value is -2.62. The molecule has 1 saturated carbocycles. The van der Waals surface area contributed by atoms with Crippen LogP contribution in [0.5, 0.6) is 0 Å². The summed E-state index contributed by atoms with van der Waals surface area (Å²) in [6.45, 7) is 4.31. The lowest BCUT2D eigenvalue weighted by atomic mass is 10.0. The van der Waals surface area contributed by atoms with Crippen molar-refractivity contribution >= 4 is 28.9 Å². The fraction of sp³-hybridized carbons (Fsp3) is 0.519. The van der Waals surface area contributed by atoms with Crippen molar-refractivity contribution in [2.45, 2.75) is 38.1 Å². The van der Waals surface area contributed by atoms with Gasteiger partial charge in [-0.2, -0.15) is 5.10 Å². The van der Waals surface area contributed by atoms with Crippen molar-refractivity contribution in [3.63, 3.8) is 0 Å². The minimum Gasteiger partial charge on any atom is -0.379 e. The minimum absolute atomic E-state index is 0.000793. The van der Waals surface area contributed by atoms with Crippen LogP contribution < -0.4 is 0 Å². The van der Waals surface area contributed by atoms with Gasteiger partial charge in [-0.1, -0.05) is 31.0 Å². The first-order valence-electron chi connectivity index (χ1n) is 12.9. The molecule has 5 rings (SSSR count). The number of nitrogens with zero attached hydrogens (tertiary/aromatic N) is 4. The van der Waals surface area contributed by atoms with Gasteiger partial charge in [-0.25, -0.2) is 9.40 Å². The van der Waals surface area contributed by atoms with E-state index in [0.29, 0.717) is 26.2 Å². The monoisotopic (exact) mass is 512 g/mol. The number of benzene rings is 1. The minimum atomic E-state index is -0.321. The number of carbonyl (C=O) groups is 2. The van der Waals surface area contributed by atoms with E-state index in [0.717, 1.165) is 61.5 Å². The Kier molecular flexibility index (Phi) is 8.09. The SMILES string of the molecule is O=C(C1CCCC1)N(CCN1CCOCC1)CC(=O)N1N=C(c2cccs2)C[C@@H]1c1ccc(F)cc1. The first-order valence-corrected chi connectivity index (χ1v) is 13.7. The van der Waals surface area contributed by atoms with Gasteiger partial charge in [-0.05, 0) is 42.0 Å². The average Bonchev–Trinajstić information content (AvgIpc) is 3.69.